The van der Waals surface area contributed by atoms with E-state index in [9.17, 15) is 14.0 Å². The summed E-state index contributed by atoms with van der Waals surface area (Å²) in [5, 5.41) is 8.99. The molecule has 0 bridgehead atoms. The number of methoxy groups -OCH3 is 2. The van der Waals surface area contributed by atoms with Gasteiger partial charge in [0.15, 0.2) is 5.17 Å². The number of thioether (sulfide) groups is 1. The number of anilines is 1. The van der Waals surface area contributed by atoms with Crippen LogP contribution in [0.15, 0.2) is 82.9 Å². The van der Waals surface area contributed by atoms with Crippen molar-refractivity contribution in [2.75, 3.05) is 19.5 Å². The Balaban J connectivity index is 1.36. The molecule has 0 saturated carbocycles. The Bertz CT molecular complexity index is 1410. The third-order valence-electron chi connectivity index (χ3n) is 6.24. The number of amides is 2. The summed E-state index contributed by atoms with van der Waals surface area (Å²) in [6.45, 7) is 0. The van der Waals surface area contributed by atoms with Crippen LogP contribution in [-0.4, -0.2) is 47.2 Å². The normalized spacial score (nSPS) is 18.7. The Morgan fingerprint density at radius 2 is 1.74 bits per heavy atom. The first-order valence-electron chi connectivity index (χ1n) is 11.9. The number of amidine groups is 1. The van der Waals surface area contributed by atoms with Crippen molar-refractivity contribution in [3.05, 3.63) is 89.7 Å². The van der Waals surface area contributed by atoms with Gasteiger partial charge in [-0.2, -0.15) is 10.1 Å². The van der Waals surface area contributed by atoms with Gasteiger partial charge in [0.25, 0.3) is 5.91 Å². The summed E-state index contributed by atoms with van der Waals surface area (Å²) in [5.74, 6) is 0.233. The zero-order chi connectivity index (χ0) is 26.6. The van der Waals surface area contributed by atoms with Crippen LogP contribution in [0.5, 0.6) is 11.5 Å². The number of carbonyl (C=O) groups excluding carboxylic acids is 2. The van der Waals surface area contributed by atoms with E-state index in [1.165, 1.54) is 30.0 Å². The molecule has 0 spiro atoms. The molecule has 0 fully saturated rings. The van der Waals surface area contributed by atoms with Gasteiger partial charge in [0.1, 0.15) is 22.6 Å². The highest BCUT2D eigenvalue weighted by Gasteiger charge is 2.39. The summed E-state index contributed by atoms with van der Waals surface area (Å²) in [7, 11) is 3.23. The summed E-state index contributed by atoms with van der Waals surface area (Å²) in [5.41, 5.74) is 3.10. The molecule has 2 heterocycles. The molecule has 5 rings (SSSR count). The third kappa shape index (κ3) is 5.55. The van der Waals surface area contributed by atoms with Crippen LogP contribution in [0.2, 0.25) is 0 Å². The largest absolute Gasteiger partial charge is 0.497 e. The van der Waals surface area contributed by atoms with E-state index >= 15 is 0 Å². The lowest BCUT2D eigenvalue weighted by molar-refractivity contribution is -0.121. The maximum atomic E-state index is 13.5. The van der Waals surface area contributed by atoms with Gasteiger partial charge in [0.2, 0.25) is 5.91 Å². The summed E-state index contributed by atoms with van der Waals surface area (Å²) in [6, 6.07) is 20.8. The van der Waals surface area contributed by atoms with Crippen molar-refractivity contribution in [3.63, 3.8) is 0 Å². The minimum Gasteiger partial charge on any atom is -0.497 e. The number of hydrogen-bond donors (Lipinski definition) is 1. The van der Waals surface area contributed by atoms with Gasteiger partial charge in [-0.25, -0.2) is 9.40 Å². The molecule has 0 unspecified atom stereocenters. The number of halogens is 1. The van der Waals surface area contributed by atoms with Gasteiger partial charge < -0.3 is 14.8 Å². The van der Waals surface area contributed by atoms with E-state index in [0.717, 1.165) is 28.3 Å². The topological polar surface area (TPSA) is 92.6 Å². The highest BCUT2D eigenvalue weighted by molar-refractivity contribution is 8.15. The van der Waals surface area contributed by atoms with Crippen molar-refractivity contribution in [2.45, 2.75) is 24.1 Å². The first-order chi connectivity index (χ1) is 18.4. The second kappa shape index (κ2) is 11.1. The van der Waals surface area contributed by atoms with Crippen LogP contribution in [0.4, 0.5) is 10.1 Å². The average Bonchev–Trinajstić information content (AvgIpc) is 3.52. The smallest absolute Gasteiger partial charge is 0.262 e. The van der Waals surface area contributed by atoms with Crippen LogP contribution < -0.4 is 14.8 Å². The van der Waals surface area contributed by atoms with Crippen LogP contribution in [0, 0.1) is 5.82 Å². The Hall–Kier alpha value is -4.18. The van der Waals surface area contributed by atoms with Gasteiger partial charge in [-0.1, -0.05) is 30.0 Å². The Morgan fingerprint density at radius 3 is 2.39 bits per heavy atom. The zero-order valence-electron chi connectivity index (χ0n) is 20.8. The number of hydrogen-bond acceptors (Lipinski definition) is 7. The van der Waals surface area contributed by atoms with Gasteiger partial charge in [-0.15, -0.1) is 0 Å². The molecule has 2 aliphatic heterocycles. The molecule has 2 atom stereocenters. The Labute approximate surface area is 223 Å². The minimum atomic E-state index is -0.699. The van der Waals surface area contributed by atoms with Crippen LogP contribution in [0.3, 0.4) is 0 Å². The molecule has 3 aromatic rings. The van der Waals surface area contributed by atoms with Crippen LogP contribution in [0.1, 0.15) is 30.0 Å². The highest BCUT2D eigenvalue weighted by Crippen LogP contribution is 2.39. The molecule has 0 aliphatic carbocycles. The predicted molar refractivity (Wildman–Crippen MR) is 145 cm³/mol. The maximum absolute atomic E-state index is 13.5. The molecular weight excluding hydrogens is 507 g/mol. The van der Waals surface area contributed by atoms with E-state index in [2.05, 4.69) is 10.3 Å². The molecule has 2 aliphatic rings. The van der Waals surface area contributed by atoms with Gasteiger partial charge in [0.05, 0.1) is 26.0 Å². The number of aliphatic imine (C=N–C) groups is 1. The fraction of sp³-hybridized carbons (Fsp3) is 0.214. The summed E-state index contributed by atoms with van der Waals surface area (Å²) >= 11 is 1.21. The molecule has 0 aromatic heterocycles. The van der Waals surface area contributed by atoms with Crippen molar-refractivity contribution in [1.82, 2.24) is 5.01 Å². The van der Waals surface area contributed by atoms with Gasteiger partial charge in [-0.3, -0.25) is 9.59 Å². The SMILES string of the molecule is COc1ccc(C2=NN(C3=NC(=O)[C@@H](CC(=O)Nc4cccc(F)c4)S3)[C@@H](c3ccc(OC)cc3)C2)cc1. The number of rotatable bonds is 7. The second-order valence-electron chi connectivity index (χ2n) is 8.71. The molecule has 8 nitrogen and oxygen atoms in total. The molecule has 1 N–H and O–H groups in total. The molecular formula is C28H25FN4O4S. The lowest BCUT2D eigenvalue weighted by Gasteiger charge is -2.23. The van der Waals surface area contributed by atoms with E-state index in [4.69, 9.17) is 14.6 Å². The van der Waals surface area contributed by atoms with Gasteiger partial charge >= 0.3 is 0 Å². The quantitative estimate of drug-likeness (QED) is 0.459. The van der Waals surface area contributed by atoms with Crippen LogP contribution in [-0.2, 0) is 9.59 Å². The lowest BCUT2D eigenvalue weighted by Crippen LogP contribution is -2.25. The van der Waals surface area contributed by atoms with Crippen molar-refractivity contribution < 1.29 is 23.5 Å². The lowest BCUT2D eigenvalue weighted by atomic mass is 9.98. The summed E-state index contributed by atoms with van der Waals surface area (Å²) in [6.07, 6.45) is 0.500. The number of hydrazone groups is 1. The molecule has 38 heavy (non-hydrogen) atoms. The monoisotopic (exact) mass is 532 g/mol. The van der Waals surface area contributed by atoms with Gasteiger partial charge in [0, 0.05) is 18.5 Å². The van der Waals surface area contributed by atoms with E-state index in [1.807, 2.05) is 48.5 Å². The van der Waals surface area contributed by atoms with E-state index in [0.29, 0.717) is 17.3 Å². The fourth-order valence-electron chi connectivity index (χ4n) is 4.28. The molecule has 0 saturated heterocycles. The zero-order valence-corrected chi connectivity index (χ0v) is 21.6. The fourth-order valence-corrected chi connectivity index (χ4v) is 5.34. The number of ether oxygens (including phenoxy) is 2. The van der Waals surface area contributed by atoms with Gasteiger partial charge in [-0.05, 0) is 65.7 Å². The van der Waals surface area contributed by atoms with E-state index in [1.54, 1.807) is 25.3 Å². The van der Waals surface area contributed by atoms with Crippen molar-refractivity contribution in [2.24, 2.45) is 10.1 Å². The first-order valence-corrected chi connectivity index (χ1v) is 12.8. The third-order valence-corrected chi connectivity index (χ3v) is 7.38. The molecule has 194 valence electrons. The maximum Gasteiger partial charge on any atom is 0.262 e. The van der Waals surface area contributed by atoms with Crippen LogP contribution in [0.25, 0.3) is 0 Å². The molecule has 3 aromatic carbocycles. The van der Waals surface area contributed by atoms with E-state index < -0.39 is 22.9 Å². The first kappa shape index (κ1) is 25.5. The number of carbonyl (C=O) groups is 2. The standard InChI is InChI=1S/C28H25FN4O4S/c1-36-21-10-6-17(7-11-21)23-15-24(18-8-12-22(37-2)13-9-18)33(32-23)28-31-27(35)25(38-28)16-26(34)30-20-5-3-4-19(29)14-20/h3-14,24-25H,15-16H2,1-2H3,(H,30,34)/t24-,25-/m1/s1. The number of benzene rings is 3. The molecule has 10 heteroatoms. The minimum absolute atomic E-state index is 0.0941. The second-order valence-corrected chi connectivity index (χ2v) is 9.88. The Kier molecular flexibility index (Phi) is 7.41. The number of nitrogens with one attached hydrogen (secondary N) is 1. The van der Waals surface area contributed by atoms with Crippen LogP contribution >= 0.6 is 11.8 Å². The molecule has 2 amide bonds. The predicted octanol–water partition coefficient (Wildman–Crippen LogP) is 5.02. The van der Waals surface area contributed by atoms with E-state index in [-0.39, 0.29) is 12.5 Å². The number of nitrogens with zero attached hydrogens (tertiary/aromatic N) is 3. The summed E-state index contributed by atoms with van der Waals surface area (Å²) in [4.78, 5) is 29.6. The highest BCUT2D eigenvalue weighted by atomic mass is 32.2. The van der Waals surface area contributed by atoms with Crippen molar-refractivity contribution in [3.8, 4) is 11.5 Å². The Morgan fingerprint density at radius 1 is 1.05 bits per heavy atom. The summed E-state index contributed by atoms with van der Waals surface area (Å²) < 4.78 is 24.0. The van der Waals surface area contributed by atoms with Crippen molar-refractivity contribution >= 4 is 40.1 Å². The average molecular weight is 533 g/mol. The molecule has 0 radical (unpaired) electrons. The van der Waals surface area contributed by atoms with Crippen molar-refractivity contribution in [1.29, 1.82) is 0 Å².